The Hall–Kier alpha value is -3.36. The average molecular weight is 483 g/mol. The number of sulfonamides is 1. The van der Waals surface area contributed by atoms with Crippen LogP contribution in [-0.4, -0.2) is 45.4 Å². The van der Waals surface area contributed by atoms with Crippen LogP contribution in [0.25, 0.3) is 0 Å². The van der Waals surface area contributed by atoms with Crippen molar-refractivity contribution in [2.24, 2.45) is 0 Å². The van der Waals surface area contributed by atoms with Gasteiger partial charge in [0.1, 0.15) is 11.5 Å². The van der Waals surface area contributed by atoms with Gasteiger partial charge >= 0.3 is 0 Å². The Kier molecular flexibility index (Phi) is 9.07. The molecule has 0 bridgehead atoms. The fourth-order valence-electron chi connectivity index (χ4n) is 3.39. The van der Waals surface area contributed by atoms with Gasteiger partial charge in [-0.2, -0.15) is 4.31 Å². The molecule has 0 saturated carbocycles. The molecule has 3 rings (SSSR count). The van der Waals surface area contributed by atoms with Crippen molar-refractivity contribution in [3.8, 4) is 11.5 Å². The summed E-state index contributed by atoms with van der Waals surface area (Å²) >= 11 is 0. The van der Waals surface area contributed by atoms with Crippen LogP contribution in [0.15, 0.2) is 83.8 Å². The van der Waals surface area contributed by atoms with Gasteiger partial charge < -0.3 is 14.8 Å². The van der Waals surface area contributed by atoms with Gasteiger partial charge in [-0.15, -0.1) is 0 Å². The molecule has 34 heavy (non-hydrogen) atoms. The van der Waals surface area contributed by atoms with E-state index in [2.05, 4.69) is 5.32 Å². The molecule has 0 saturated heterocycles. The quantitative estimate of drug-likeness (QED) is 0.426. The maximum absolute atomic E-state index is 13.4. The van der Waals surface area contributed by atoms with Gasteiger partial charge in [-0.3, -0.25) is 4.79 Å². The van der Waals surface area contributed by atoms with Crippen LogP contribution in [0, 0.1) is 0 Å². The van der Waals surface area contributed by atoms with E-state index in [0.717, 1.165) is 16.9 Å². The molecule has 0 heterocycles. The molecule has 180 valence electrons. The molecular weight excluding hydrogens is 452 g/mol. The lowest BCUT2D eigenvalue weighted by Crippen LogP contribution is -2.40. The van der Waals surface area contributed by atoms with Crippen LogP contribution in [0.3, 0.4) is 0 Å². The van der Waals surface area contributed by atoms with Crippen LogP contribution in [0.5, 0.6) is 11.5 Å². The third kappa shape index (κ3) is 7.07. The molecule has 7 nitrogen and oxygen atoms in total. The van der Waals surface area contributed by atoms with Gasteiger partial charge in [0.15, 0.2) is 0 Å². The van der Waals surface area contributed by atoms with Crippen molar-refractivity contribution < 1.29 is 22.7 Å². The molecule has 0 aliphatic rings. The summed E-state index contributed by atoms with van der Waals surface area (Å²) in [5.74, 6) is 0.995. The summed E-state index contributed by atoms with van der Waals surface area (Å²) in [5.41, 5.74) is 1.84. The van der Waals surface area contributed by atoms with E-state index < -0.39 is 10.0 Å². The summed E-state index contributed by atoms with van der Waals surface area (Å²) in [7, 11) is -2.30. The molecule has 0 atom stereocenters. The number of carbonyl (C=O) groups is 1. The van der Waals surface area contributed by atoms with E-state index >= 15 is 0 Å². The fraction of sp³-hybridized carbons (Fsp3) is 0.269. The van der Waals surface area contributed by atoms with E-state index in [0.29, 0.717) is 25.3 Å². The number of carbonyl (C=O) groups excluding carboxylic acids is 1. The lowest BCUT2D eigenvalue weighted by atomic mass is 10.1. The Morgan fingerprint density at radius 1 is 0.882 bits per heavy atom. The van der Waals surface area contributed by atoms with Crippen molar-refractivity contribution in [2.45, 2.75) is 24.8 Å². The summed E-state index contributed by atoms with van der Waals surface area (Å²) in [4.78, 5) is 12.8. The molecule has 0 unspecified atom stereocenters. The first-order valence-corrected chi connectivity index (χ1v) is 12.5. The predicted molar refractivity (Wildman–Crippen MR) is 131 cm³/mol. The number of hydrogen-bond donors (Lipinski definition) is 1. The number of hydrogen-bond acceptors (Lipinski definition) is 5. The minimum Gasteiger partial charge on any atom is -0.497 e. The molecule has 0 radical (unpaired) electrons. The van der Waals surface area contributed by atoms with Crippen molar-refractivity contribution in [3.63, 3.8) is 0 Å². The second-order valence-electron chi connectivity index (χ2n) is 7.61. The monoisotopic (exact) mass is 482 g/mol. The van der Waals surface area contributed by atoms with E-state index in [1.807, 2.05) is 61.5 Å². The molecule has 1 N–H and O–H groups in total. The van der Waals surface area contributed by atoms with Gasteiger partial charge in [-0.1, -0.05) is 42.5 Å². The van der Waals surface area contributed by atoms with Crippen molar-refractivity contribution in [1.29, 1.82) is 0 Å². The molecule has 3 aromatic rings. The number of benzene rings is 3. The fourth-order valence-corrected chi connectivity index (χ4v) is 4.78. The Morgan fingerprint density at radius 2 is 1.53 bits per heavy atom. The van der Waals surface area contributed by atoms with Gasteiger partial charge in [0.2, 0.25) is 15.9 Å². The summed E-state index contributed by atoms with van der Waals surface area (Å²) in [6, 6.07) is 23.0. The zero-order valence-corrected chi connectivity index (χ0v) is 20.3. The summed E-state index contributed by atoms with van der Waals surface area (Å²) in [6.45, 7) is 2.55. The molecular formula is C26H30N2O5S. The molecule has 1 amide bonds. The number of amides is 1. The maximum atomic E-state index is 13.4. The summed E-state index contributed by atoms with van der Waals surface area (Å²) < 4.78 is 38.5. The molecule has 0 aliphatic heterocycles. The number of rotatable bonds is 12. The molecule has 0 fully saturated rings. The zero-order chi connectivity index (χ0) is 24.4. The minimum absolute atomic E-state index is 0.0856. The van der Waals surface area contributed by atoms with Gasteiger partial charge in [0, 0.05) is 13.1 Å². The Balaban J connectivity index is 1.69. The highest BCUT2D eigenvalue weighted by Crippen LogP contribution is 2.21. The van der Waals surface area contributed by atoms with Crippen LogP contribution in [0.1, 0.15) is 18.1 Å². The summed E-state index contributed by atoms with van der Waals surface area (Å²) in [5, 5.41) is 2.83. The highest BCUT2D eigenvalue weighted by Gasteiger charge is 2.27. The smallest absolute Gasteiger partial charge is 0.243 e. The highest BCUT2D eigenvalue weighted by atomic mass is 32.2. The number of ether oxygens (including phenoxy) is 2. The largest absolute Gasteiger partial charge is 0.497 e. The van der Waals surface area contributed by atoms with Crippen molar-refractivity contribution in [2.75, 3.05) is 26.8 Å². The van der Waals surface area contributed by atoms with Gasteiger partial charge in [-0.25, -0.2) is 8.42 Å². The van der Waals surface area contributed by atoms with Crippen molar-refractivity contribution in [3.05, 3.63) is 90.0 Å². The van der Waals surface area contributed by atoms with Crippen LogP contribution in [0.2, 0.25) is 0 Å². The van der Waals surface area contributed by atoms with Crippen LogP contribution < -0.4 is 14.8 Å². The average Bonchev–Trinajstić information content (AvgIpc) is 2.85. The van der Waals surface area contributed by atoms with Crippen LogP contribution >= 0.6 is 0 Å². The number of nitrogens with one attached hydrogen (secondary N) is 1. The minimum atomic E-state index is -3.91. The van der Waals surface area contributed by atoms with E-state index in [1.54, 1.807) is 19.2 Å². The Labute approximate surface area is 201 Å². The SMILES string of the molecule is CCOc1ccc(S(=O)(=O)N(CC(=O)NCCc2ccc(OC)cc2)Cc2ccccc2)cc1. The molecule has 8 heteroatoms. The zero-order valence-electron chi connectivity index (χ0n) is 19.4. The van der Waals surface area contributed by atoms with Crippen LogP contribution in [-0.2, 0) is 27.8 Å². The normalized spacial score (nSPS) is 11.3. The third-order valence-electron chi connectivity index (χ3n) is 5.19. The predicted octanol–water partition coefficient (Wildman–Crippen LogP) is 3.64. The van der Waals surface area contributed by atoms with E-state index in [1.165, 1.54) is 16.4 Å². The first kappa shape index (κ1) is 25.3. The standard InChI is InChI=1S/C26H30N2O5S/c1-3-33-24-13-15-25(16-14-24)34(30,31)28(19-22-7-5-4-6-8-22)20-26(29)27-18-17-21-9-11-23(32-2)12-10-21/h4-16H,3,17-20H2,1-2H3,(H,27,29). The lowest BCUT2D eigenvalue weighted by molar-refractivity contribution is -0.121. The number of methoxy groups -OCH3 is 1. The van der Waals surface area contributed by atoms with Crippen molar-refractivity contribution >= 4 is 15.9 Å². The lowest BCUT2D eigenvalue weighted by Gasteiger charge is -2.22. The second-order valence-corrected chi connectivity index (χ2v) is 9.55. The highest BCUT2D eigenvalue weighted by molar-refractivity contribution is 7.89. The van der Waals surface area contributed by atoms with Gasteiger partial charge in [0.25, 0.3) is 0 Å². The molecule has 0 spiro atoms. The topological polar surface area (TPSA) is 84.9 Å². The molecule has 3 aromatic carbocycles. The third-order valence-corrected chi connectivity index (χ3v) is 7.00. The van der Waals surface area contributed by atoms with E-state index in [4.69, 9.17) is 9.47 Å². The summed E-state index contributed by atoms with van der Waals surface area (Å²) in [6.07, 6.45) is 0.625. The first-order chi connectivity index (χ1) is 16.4. The Bertz CT molecular complexity index is 1150. The Morgan fingerprint density at radius 3 is 2.15 bits per heavy atom. The van der Waals surface area contributed by atoms with Crippen molar-refractivity contribution in [1.82, 2.24) is 9.62 Å². The molecule has 0 aromatic heterocycles. The number of nitrogens with zero attached hydrogens (tertiary/aromatic N) is 1. The molecule has 0 aliphatic carbocycles. The van der Waals surface area contributed by atoms with Gasteiger partial charge in [0.05, 0.1) is 25.2 Å². The van der Waals surface area contributed by atoms with Gasteiger partial charge in [-0.05, 0) is 60.9 Å². The first-order valence-electron chi connectivity index (χ1n) is 11.1. The van der Waals surface area contributed by atoms with E-state index in [-0.39, 0.29) is 23.9 Å². The second kappa shape index (κ2) is 12.2. The maximum Gasteiger partial charge on any atom is 0.243 e. The van der Waals surface area contributed by atoms with E-state index in [9.17, 15) is 13.2 Å². The van der Waals surface area contributed by atoms with Crippen LogP contribution in [0.4, 0.5) is 0 Å².